The molecule has 0 aliphatic carbocycles. The SMILES string of the molecule is COc1cc(OC2OC(CO)C(O)C(OC(=O)c3cc(O)c(O)c(O)c3)C2OC(=O)c2cc(O)c(O)c(O)c2)cc(OC)c1OC. The molecule has 46 heavy (non-hydrogen) atoms. The van der Waals surface area contributed by atoms with E-state index in [0.29, 0.717) is 0 Å². The lowest BCUT2D eigenvalue weighted by atomic mass is 9.98. The maximum Gasteiger partial charge on any atom is 0.339 e. The van der Waals surface area contributed by atoms with Crippen molar-refractivity contribution >= 4 is 11.9 Å². The van der Waals surface area contributed by atoms with Gasteiger partial charge in [-0.25, -0.2) is 9.59 Å². The third kappa shape index (κ3) is 6.60. The van der Waals surface area contributed by atoms with Crippen LogP contribution in [0.4, 0.5) is 0 Å². The van der Waals surface area contributed by atoms with Gasteiger partial charge < -0.3 is 74.0 Å². The fourth-order valence-corrected chi connectivity index (χ4v) is 4.48. The van der Waals surface area contributed by atoms with E-state index >= 15 is 0 Å². The third-order valence-electron chi connectivity index (χ3n) is 6.79. The van der Waals surface area contributed by atoms with Crippen LogP contribution in [0, 0.1) is 0 Å². The Balaban J connectivity index is 1.78. The molecule has 1 saturated heterocycles. The first kappa shape index (κ1) is 33.4. The van der Waals surface area contributed by atoms with Crippen LogP contribution in [0.15, 0.2) is 36.4 Å². The zero-order valence-electron chi connectivity index (χ0n) is 24.3. The van der Waals surface area contributed by atoms with Gasteiger partial charge >= 0.3 is 11.9 Å². The fraction of sp³-hybridized carbons (Fsp3) is 0.310. The first-order chi connectivity index (χ1) is 21.8. The minimum Gasteiger partial charge on any atom is -0.504 e. The van der Waals surface area contributed by atoms with Gasteiger partial charge in [-0.15, -0.1) is 0 Å². The molecule has 4 rings (SSSR count). The van der Waals surface area contributed by atoms with Gasteiger partial charge in [0.15, 0.2) is 52.1 Å². The second-order valence-electron chi connectivity index (χ2n) is 9.66. The average Bonchev–Trinajstić information content (AvgIpc) is 3.03. The third-order valence-corrected chi connectivity index (χ3v) is 6.79. The molecule has 17 nitrogen and oxygen atoms in total. The molecular weight excluding hydrogens is 620 g/mol. The normalized spacial score (nSPS) is 20.8. The summed E-state index contributed by atoms with van der Waals surface area (Å²) in [5.41, 5.74) is -1.01. The molecule has 1 aliphatic rings. The van der Waals surface area contributed by atoms with Gasteiger partial charge in [0.05, 0.1) is 39.1 Å². The van der Waals surface area contributed by atoms with Crippen molar-refractivity contribution in [3.8, 4) is 57.5 Å². The highest BCUT2D eigenvalue weighted by atomic mass is 16.7. The van der Waals surface area contributed by atoms with Crippen LogP contribution < -0.4 is 18.9 Å². The molecule has 17 heteroatoms. The lowest BCUT2D eigenvalue weighted by Gasteiger charge is -2.42. The Hall–Kier alpha value is -5.52. The van der Waals surface area contributed by atoms with E-state index in [9.17, 15) is 50.4 Å². The highest BCUT2D eigenvalue weighted by Gasteiger charge is 2.51. The van der Waals surface area contributed by atoms with Crippen LogP contribution in [0.25, 0.3) is 0 Å². The zero-order valence-corrected chi connectivity index (χ0v) is 24.3. The van der Waals surface area contributed by atoms with Crippen LogP contribution in [0.2, 0.25) is 0 Å². The largest absolute Gasteiger partial charge is 0.504 e. The first-order valence-corrected chi connectivity index (χ1v) is 13.2. The minimum atomic E-state index is -1.90. The summed E-state index contributed by atoms with van der Waals surface area (Å²) in [6, 6.07) is 5.68. The minimum absolute atomic E-state index is 0.0491. The molecule has 0 saturated carbocycles. The van der Waals surface area contributed by atoms with Crippen molar-refractivity contribution in [3.05, 3.63) is 47.5 Å². The Bertz CT molecular complexity index is 1530. The van der Waals surface area contributed by atoms with Crippen LogP contribution in [-0.2, 0) is 14.2 Å². The van der Waals surface area contributed by atoms with Crippen molar-refractivity contribution in [3.63, 3.8) is 0 Å². The van der Waals surface area contributed by atoms with E-state index < -0.39 is 94.9 Å². The van der Waals surface area contributed by atoms with E-state index in [1.165, 1.54) is 33.5 Å². The van der Waals surface area contributed by atoms with Crippen LogP contribution in [-0.4, -0.2) is 111 Å². The van der Waals surface area contributed by atoms with Crippen LogP contribution in [0.5, 0.6) is 57.5 Å². The average molecular weight is 651 g/mol. The Morgan fingerprint density at radius 2 is 1.13 bits per heavy atom. The lowest BCUT2D eigenvalue weighted by molar-refractivity contribution is -0.276. The molecular formula is C29H30O17. The van der Waals surface area contributed by atoms with Crippen LogP contribution in [0.1, 0.15) is 20.7 Å². The topological polar surface area (TPSA) is 261 Å². The van der Waals surface area contributed by atoms with E-state index in [2.05, 4.69) is 0 Å². The molecule has 3 aromatic carbocycles. The van der Waals surface area contributed by atoms with Crippen molar-refractivity contribution in [1.82, 2.24) is 0 Å². The summed E-state index contributed by atoms with van der Waals surface area (Å²) in [6.45, 7) is -0.856. The number of hydrogen-bond donors (Lipinski definition) is 8. The molecule has 5 atom stereocenters. The maximum absolute atomic E-state index is 13.2. The Morgan fingerprint density at radius 1 is 0.696 bits per heavy atom. The van der Waals surface area contributed by atoms with Gasteiger partial charge in [0.2, 0.25) is 18.1 Å². The number of benzene rings is 3. The van der Waals surface area contributed by atoms with Gasteiger partial charge in [0.25, 0.3) is 0 Å². The lowest BCUT2D eigenvalue weighted by Crippen LogP contribution is -2.62. The Labute approximate surface area is 259 Å². The standard InChI is InChI=1S/C29H30O17/c1-40-18-8-13(9-19(41-2)24(18)42-3)43-29-26(46-28(39)12-6-16(33)22(36)17(34)7-12)25(23(37)20(10-30)44-29)45-27(38)11-4-14(31)21(35)15(32)5-11/h4-9,20,23,25-26,29-37H,10H2,1-3H3. The van der Waals surface area contributed by atoms with Gasteiger partial charge in [0.1, 0.15) is 18.0 Å². The Kier molecular flexibility index (Phi) is 9.89. The highest BCUT2D eigenvalue weighted by molar-refractivity contribution is 5.92. The molecule has 8 N–H and O–H groups in total. The predicted molar refractivity (Wildman–Crippen MR) is 150 cm³/mol. The number of aromatic hydroxyl groups is 6. The zero-order chi connectivity index (χ0) is 33.9. The van der Waals surface area contributed by atoms with Gasteiger partial charge in [-0.05, 0) is 24.3 Å². The monoisotopic (exact) mass is 650 g/mol. The molecule has 5 unspecified atom stereocenters. The molecule has 248 valence electrons. The first-order valence-electron chi connectivity index (χ1n) is 13.2. The van der Waals surface area contributed by atoms with E-state index in [-0.39, 0.29) is 23.0 Å². The molecule has 1 aliphatic heterocycles. The number of ether oxygens (including phenoxy) is 7. The smallest absolute Gasteiger partial charge is 0.339 e. The number of phenolic OH excluding ortho intramolecular Hbond substituents is 6. The van der Waals surface area contributed by atoms with Gasteiger partial charge in [-0.1, -0.05) is 0 Å². The molecule has 0 radical (unpaired) electrons. The predicted octanol–water partition coefficient (Wildman–Crippen LogP) is 0.854. The van der Waals surface area contributed by atoms with Crippen molar-refractivity contribution in [1.29, 1.82) is 0 Å². The number of aliphatic hydroxyl groups is 2. The van der Waals surface area contributed by atoms with E-state index in [1.54, 1.807) is 0 Å². The molecule has 0 bridgehead atoms. The maximum atomic E-state index is 13.2. The highest BCUT2D eigenvalue weighted by Crippen LogP contribution is 2.42. The number of esters is 2. The van der Waals surface area contributed by atoms with Crippen LogP contribution in [0.3, 0.4) is 0 Å². The van der Waals surface area contributed by atoms with Gasteiger partial charge in [0, 0.05) is 12.1 Å². The number of aliphatic hydroxyl groups excluding tert-OH is 2. The Morgan fingerprint density at radius 3 is 1.52 bits per heavy atom. The quantitative estimate of drug-likeness (QED) is 0.112. The van der Waals surface area contributed by atoms with Crippen molar-refractivity contribution in [2.24, 2.45) is 0 Å². The molecule has 1 heterocycles. The van der Waals surface area contributed by atoms with Crippen molar-refractivity contribution < 1.29 is 83.6 Å². The fourth-order valence-electron chi connectivity index (χ4n) is 4.48. The summed E-state index contributed by atoms with van der Waals surface area (Å²) in [6.07, 6.45) is -8.96. The summed E-state index contributed by atoms with van der Waals surface area (Å²) < 4.78 is 38.5. The number of methoxy groups -OCH3 is 3. The van der Waals surface area contributed by atoms with Gasteiger partial charge in [-0.3, -0.25) is 0 Å². The van der Waals surface area contributed by atoms with Gasteiger partial charge in [-0.2, -0.15) is 0 Å². The summed E-state index contributed by atoms with van der Waals surface area (Å²) in [5.74, 6) is -7.58. The molecule has 0 amide bonds. The number of rotatable bonds is 10. The van der Waals surface area contributed by atoms with Crippen LogP contribution >= 0.6 is 0 Å². The van der Waals surface area contributed by atoms with E-state index in [4.69, 9.17) is 33.2 Å². The van der Waals surface area contributed by atoms with E-state index in [0.717, 1.165) is 24.3 Å². The second-order valence-corrected chi connectivity index (χ2v) is 9.66. The summed E-state index contributed by atoms with van der Waals surface area (Å²) in [4.78, 5) is 26.4. The number of carbonyl (C=O) groups is 2. The number of phenols is 6. The summed E-state index contributed by atoms with van der Waals surface area (Å²) >= 11 is 0. The summed E-state index contributed by atoms with van der Waals surface area (Å²) in [7, 11) is 4.02. The molecule has 0 spiro atoms. The van der Waals surface area contributed by atoms with E-state index in [1.807, 2.05) is 0 Å². The molecule has 0 aromatic heterocycles. The number of hydrogen-bond acceptors (Lipinski definition) is 17. The molecule has 1 fully saturated rings. The number of carbonyl (C=O) groups excluding carboxylic acids is 2. The second kappa shape index (κ2) is 13.6. The van der Waals surface area contributed by atoms with Crippen molar-refractivity contribution in [2.75, 3.05) is 27.9 Å². The molecule has 3 aromatic rings. The van der Waals surface area contributed by atoms with Crippen molar-refractivity contribution in [2.45, 2.75) is 30.7 Å². The summed E-state index contributed by atoms with van der Waals surface area (Å²) in [5, 5.41) is 79.9.